The van der Waals surface area contributed by atoms with Gasteiger partial charge in [-0.15, -0.1) is 0 Å². The van der Waals surface area contributed by atoms with E-state index >= 15 is 0 Å². The molecule has 0 atom stereocenters. The molecule has 0 radical (unpaired) electrons. The molecule has 3 aromatic rings. The van der Waals surface area contributed by atoms with E-state index in [9.17, 15) is 14.4 Å². The first kappa shape index (κ1) is 16.6. The summed E-state index contributed by atoms with van der Waals surface area (Å²) in [6.07, 6.45) is 3.31. The Labute approximate surface area is 143 Å². The lowest BCUT2D eigenvalue weighted by molar-refractivity contribution is -0.121. The lowest BCUT2D eigenvalue weighted by Crippen LogP contribution is -2.43. The van der Waals surface area contributed by atoms with Gasteiger partial charge < -0.3 is 9.88 Å². The number of para-hydroxylation sites is 2. The normalized spacial score (nSPS) is 10.8. The smallest absolute Gasteiger partial charge is 0.317 e. The van der Waals surface area contributed by atoms with Crippen LogP contribution in [0.15, 0.2) is 58.4 Å². The minimum Gasteiger partial charge on any atom is -0.350 e. The van der Waals surface area contributed by atoms with Crippen LogP contribution in [0.2, 0.25) is 0 Å². The van der Waals surface area contributed by atoms with Gasteiger partial charge >= 0.3 is 11.1 Å². The number of aryl methyl sites for hydroxylation is 1. The maximum atomic E-state index is 12.4. The number of carbonyl (C=O) groups excluding carboxylic acids is 1. The van der Waals surface area contributed by atoms with E-state index in [0.29, 0.717) is 24.1 Å². The second-order valence-corrected chi connectivity index (χ2v) is 5.57. The Kier molecular flexibility index (Phi) is 4.74. The van der Waals surface area contributed by atoms with Crippen LogP contribution in [0.5, 0.6) is 0 Å². The highest BCUT2D eigenvalue weighted by atomic mass is 16.2. The first-order valence-electron chi connectivity index (χ1n) is 7.99. The quantitative estimate of drug-likeness (QED) is 0.700. The fourth-order valence-electron chi connectivity index (χ4n) is 2.74. The molecule has 2 aromatic heterocycles. The molecule has 7 heteroatoms. The summed E-state index contributed by atoms with van der Waals surface area (Å²) in [5.41, 5.74) is 0.730. The van der Waals surface area contributed by atoms with Crippen molar-refractivity contribution in [3.8, 4) is 0 Å². The number of aromatic nitrogens is 3. The molecule has 1 amide bonds. The monoisotopic (exact) mass is 338 g/mol. The number of hydrogen-bond acceptors (Lipinski definition) is 4. The number of nitrogens with one attached hydrogen (secondary N) is 1. The van der Waals surface area contributed by atoms with Gasteiger partial charge in [-0.05, 0) is 30.7 Å². The Balaban J connectivity index is 1.91. The summed E-state index contributed by atoms with van der Waals surface area (Å²) in [5, 5.41) is 2.74. The molecule has 25 heavy (non-hydrogen) atoms. The van der Waals surface area contributed by atoms with Crippen LogP contribution in [-0.2, 0) is 24.4 Å². The third-order valence-electron chi connectivity index (χ3n) is 3.97. The van der Waals surface area contributed by atoms with Crippen molar-refractivity contribution < 1.29 is 4.79 Å². The number of benzene rings is 1. The van der Waals surface area contributed by atoms with E-state index in [2.05, 4.69) is 10.3 Å². The molecule has 0 fully saturated rings. The second-order valence-electron chi connectivity index (χ2n) is 5.57. The summed E-state index contributed by atoms with van der Waals surface area (Å²) in [5.74, 6) is -0.343. The number of hydrogen-bond donors (Lipinski definition) is 1. The number of fused-ring (bicyclic) bond motifs is 1. The topological polar surface area (TPSA) is 86.0 Å². The van der Waals surface area contributed by atoms with E-state index < -0.39 is 11.1 Å². The summed E-state index contributed by atoms with van der Waals surface area (Å²) < 4.78 is 2.64. The molecule has 128 valence electrons. The minimum absolute atomic E-state index is 0.209. The Morgan fingerprint density at radius 1 is 1.04 bits per heavy atom. The van der Waals surface area contributed by atoms with Crippen LogP contribution in [0.1, 0.15) is 12.5 Å². The SMILES string of the molecule is CCn1c(=O)c(=O)n(CC(=O)NCc2cccnc2)c2ccccc21. The first-order chi connectivity index (χ1) is 12.1. The molecular formula is C18H18N4O3. The van der Waals surface area contributed by atoms with Crippen molar-refractivity contribution in [2.24, 2.45) is 0 Å². The highest BCUT2D eigenvalue weighted by molar-refractivity contribution is 5.80. The zero-order valence-corrected chi connectivity index (χ0v) is 13.8. The average Bonchev–Trinajstić information content (AvgIpc) is 2.65. The molecule has 0 aliphatic carbocycles. The van der Waals surface area contributed by atoms with E-state index in [1.807, 2.05) is 6.07 Å². The van der Waals surface area contributed by atoms with Gasteiger partial charge in [0, 0.05) is 25.5 Å². The summed E-state index contributed by atoms with van der Waals surface area (Å²) >= 11 is 0. The van der Waals surface area contributed by atoms with Crippen molar-refractivity contribution in [2.45, 2.75) is 26.6 Å². The van der Waals surface area contributed by atoms with Gasteiger partial charge in [-0.25, -0.2) is 0 Å². The molecule has 2 heterocycles. The number of pyridine rings is 1. The standard InChI is InChI=1S/C18H18N4O3/c1-2-21-14-7-3-4-8-15(14)22(18(25)17(21)24)12-16(23)20-11-13-6-5-9-19-10-13/h3-10H,2,11-12H2,1H3,(H,20,23). The number of nitrogens with zero attached hydrogens (tertiary/aromatic N) is 3. The van der Waals surface area contributed by atoms with Crippen LogP contribution in [0, 0.1) is 0 Å². The lowest BCUT2D eigenvalue weighted by atomic mass is 10.2. The molecule has 0 saturated carbocycles. The highest BCUT2D eigenvalue weighted by Crippen LogP contribution is 2.10. The van der Waals surface area contributed by atoms with Gasteiger partial charge in [0.1, 0.15) is 6.54 Å². The van der Waals surface area contributed by atoms with Gasteiger partial charge in [0.25, 0.3) is 0 Å². The average molecular weight is 338 g/mol. The highest BCUT2D eigenvalue weighted by Gasteiger charge is 2.14. The summed E-state index contributed by atoms with van der Waals surface area (Å²) in [7, 11) is 0. The van der Waals surface area contributed by atoms with E-state index in [0.717, 1.165) is 5.56 Å². The number of amides is 1. The van der Waals surface area contributed by atoms with Crippen molar-refractivity contribution in [1.29, 1.82) is 0 Å². The molecule has 0 bridgehead atoms. The van der Waals surface area contributed by atoms with Gasteiger partial charge in [-0.2, -0.15) is 0 Å². The molecule has 7 nitrogen and oxygen atoms in total. The summed E-state index contributed by atoms with van der Waals surface area (Å²) in [6, 6.07) is 10.7. The zero-order chi connectivity index (χ0) is 17.8. The number of rotatable bonds is 5. The minimum atomic E-state index is -0.697. The van der Waals surface area contributed by atoms with E-state index in [1.165, 1.54) is 9.13 Å². The van der Waals surface area contributed by atoms with Gasteiger partial charge in [0.2, 0.25) is 5.91 Å². The maximum absolute atomic E-state index is 12.4. The van der Waals surface area contributed by atoms with Crippen LogP contribution in [-0.4, -0.2) is 20.0 Å². The predicted octanol–water partition coefficient (Wildman–Crippen LogP) is 0.895. The summed E-state index contributed by atoms with van der Waals surface area (Å²) in [4.78, 5) is 40.9. The van der Waals surface area contributed by atoms with Crippen LogP contribution < -0.4 is 16.4 Å². The van der Waals surface area contributed by atoms with Gasteiger partial charge in [0.15, 0.2) is 0 Å². The molecule has 1 aromatic carbocycles. The molecule has 0 spiro atoms. The predicted molar refractivity (Wildman–Crippen MR) is 94.2 cm³/mol. The Morgan fingerprint density at radius 2 is 1.72 bits per heavy atom. The fourth-order valence-corrected chi connectivity index (χ4v) is 2.74. The number of carbonyl (C=O) groups is 1. The molecule has 0 saturated heterocycles. The van der Waals surface area contributed by atoms with Crippen molar-refractivity contribution in [3.63, 3.8) is 0 Å². The van der Waals surface area contributed by atoms with Crippen molar-refractivity contribution in [1.82, 2.24) is 19.4 Å². The van der Waals surface area contributed by atoms with E-state index in [4.69, 9.17) is 0 Å². The van der Waals surface area contributed by atoms with Gasteiger partial charge in [0.05, 0.1) is 11.0 Å². The lowest BCUT2D eigenvalue weighted by Gasteiger charge is -2.13. The van der Waals surface area contributed by atoms with Crippen LogP contribution in [0.4, 0.5) is 0 Å². The maximum Gasteiger partial charge on any atom is 0.317 e. The summed E-state index contributed by atoms with van der Waals surface area (Å²) in [6.45, 7) is 2.30. The molecule has 1 N–H and O–H groups in total. The van der Waals surface area contributed by atoms with Gasteiger partial charge in [-0.3, -0.25) is 23.9 Å². The Bertz CT molecular complexity index is 1020. The van der Waals surface area contributed by atoms with Crippen molar-refractivity contribution in [3.05, 3.63) is 75.1 Å². The fraction of sp³-hybridized carbons (Fsp3) is 0.222. The Hall–Kier alpha value is -3.22. The van der Waals surface area contributed by atoms with E-state index in [-0.39, 0.29) is 12.5 Å². The van der Waals surface area contributed by atoms with Crippen LogP contribution >= 0.6 is 0 Å². The molecule has 0 unspecified atom stereocenters. The molecular weight excluding hydrogens is 320 g/mol. The molecule has 0 aliphatic rings. The first-order valence-corrected chi connectivity index (χ1v) is 7.99. The van der Waals surface area contributed by atoms with Crippen molar-refractivity contribution >= 4 is 16.9 Å². The molecule has 0 aliphatic heterocycles. The molecule has 3 rings (SSSR count). The Morgan fingerprint density at radius 3 is 2.36 bits per heavy atom. The third-order valence-corrected chi connectivity index (χ3v) is 3.97. The largest absolute Gasteiger partial charge is 0.350 e. The van der Waals surface area contributed by atoms with Crippen LogP contribution in [0.25, 0.3) is 11.0 Å². The van der Waals surface area contributed by atoms with Gasteiger partial charge in [-0.1, -0.05) is 18.2 Å². The third kappa shape index (κ3) is 3.35. The van der Waals surface area contributed by atoms with Crippen molar-refractivity contribution in [2.75, 3.05) is 0 Å². The van der Waals surface area contributed by atoms with E-state index in [1.54, 1.807) is 49.6 Å². The van der Waals surface area contributed by atoms with Crippen LogP contribution in [0.3, 0.4) is 0 Å². The second kappa shape index (κ2) is 7.12. The zero-order valence-electron chi connectivity index (χ0n) is 13.8.